The van der Waals surface area contributed by atoms with E-state index in [1.54, 1.807) is 6.21 Å². The van der Waals surface area contributed by atoms with Crippen LogP contribution in [0.4, 0.5) is 0 Å². The van der Waals surface area contributed by atoms with Crippen LogP contribution >= 0.6 is 0 Å². The van der Waals surface area contributed by atoms with Gasteiger partial charge in [0.05, 0.1) is 35.0 Å². The Hall–Kier alpha value is -3.60. The van der Waals surface area contributed by atoms with Crippen molar-refractivity contribution in [3.05, 3.63) is 90.1 Å². The SMILES string of the molecule is C=C(O)CNC(=C)C1=C(C)c2ccc(-c3ccccc3)nc2/C(=C\C)N1/N=C\C. The molecule has 0 saturated heterocycles. The second-order valence-electron chi connectivity index (χ2n) is 6.69. The fourth-order valence-corrected chi connectivity index (χ4v) is 3.37. The molecule has 0 spiro atoms. The van der Waals surface area contributed by atoms with Crippen LogP contribution in [0.2, 0.25) is 0 Å². The van der Waals surface area contributed by atoms with Gasteiger partial charge in [0.25, 0.3) is 0 Å². The molecule has 0 atom stereocenters. The largest absolute Gasteiger partial charge is 0.511 e. The lowest BCUT2D eigenvalue weighted by Gasteiger charge is -2.33. The Bertz CT molecular complexity index is 1030. The van der Waals surface area contributed by atoms with E-state index in [9.17, 15) is 5.11 Å². The molecule has 2 N–H and O–H groups in total. The van der Waals surface area contributed by atoms with Crippen LogP contribution < -0.4 is 5.32 Å². The Balaban J connectivity index is 2.16. The average molecular weight is 386 g/mol. The first-order valence-corrected chi connectivity index (χ1v) is 9.51. The van der Waals surface area contributed by atoms with Crippen molar-refractivity contribution in [3.63, 3.8) is 0 Å². The predicted octanol–water partition coefficient (Wildman–Crippen LogP) is 5.34. The van der Waals surface area contributed by atoms with Gasteiger partial charge in [-0.05, 0) is 32.4 Å². The molecular formula is C24H26N4O. The minimum atomic E-state index is 0.0478. The summed E-state index contributed by atoms with van der Waals surface area (Å²) in [5, 5.41) is 19.0. The molecule has 2 aromatic rings. The minimum absolute atomic E-state index is 0.0478. The highest BCUT2D eigenvalue weighted by molar-refractivity contribution is 5.86. The number of aliphatic hydroxyl groups excluding tert-OH is 1. The minimum Gasteiger partial charge on any atom is -0.511 e. The monoisotopic (exact) mass is 386 g/mol. The fraction of sp³-hybridized carbons (Fsp3) is 0.167. The summed E-state index contributed by atoms with van der Waals surface area (Å²) in [4.78, 5) is 4.96. The van der Waals surface area contributed by atoms with E-state index in [0.717, 1.165) is 39.5 Å². The summed E-state index contributed by atoms with van der Waals surface area (Å²) in [6.07, 6.45) is 3.74. The normalized spacial score (nSPS) is 15.0. The van der Waals surface area contributed by atoms with Crippen molar-refractivity contribution in [1.29, 1.82) is 0 Å². The van der Waals surface area contributed by atoms with Gasteiger partial charge in [0, 0.05) is 17.3 Å². The smallest absolute Gasteiger partial charge is 0.104 e. The number of nitrogens with zero attached hydrogens (tertiary/aromatic N) is 3. The van der Waals surface area contributed by atoms with Gasteiger partial charge < -0.3 is 10.4 Å². The van der Waals surface area contributed by atoms with Gasteiger partial charge in [-0.15, -0.1) is 0 Å². The van der Waals surface area contributed by atoms with Gasteiger partial charge in [0.2, 0.25) is 0 Å². The molecule has 0 bridgehead atoms. The first-order valence-electron chi connectivity index (χ1n) is 9.51. The highest BCUT2D eigenvalue weighted by Crippen LogP contribution is 2.40. The quantitative estimate of drug-likeness (QED) is 0.520. The summed E-state index contributed by atoms with van der Waals surface area (Å²) in [7, 11) is 0. The molecule has 5 nitrogen and oxygen atoms in total. The number of fused-ring (bicyclic) bond motifs is 1. The van der Waals surface area contributed by atoms with Crippen molar-refractivity contribution in [1.82, 2.24) is 15.3 Å². The fourth-order valence-electron chi connectivity index (χ4n) is 3.37. The lowest BCUT2D eigenvalue weighted by atomic mass is 9.94. The predicted molar refractivity (Wildman–Crippen MR) is 121 cm³/mol. The van der Waals surface area contributed by atoms with Crippen LogP contribution in [0.1, 0.15) is 32.0 Å². The molecule has 0 aliphatic carbocycles. The van der Waals surface area contributed by atoms with E-state index >= 15 is 0 Å². The van der Waals surface area contributed by atoms with Gasteiger partial charge in [-0.3, -0.25) is 0 Å². The van der Waals surface area contributed by atoms with E-state index in [1.165, 1.54) is 0 Å². The van der Waals surface area contributed by atoms with E-state index in [0.29, 0.717) is 5.70 Å². The van der Waals surface area contributed by atoms with Crippen LogP contribution in [0.15, 0.2) is 84.0 Å². The van der Waals surface area contributed by atoms with Gasteiger partial charge in [-0.25, -0.2) is 9.99 Å². The molecule has 0 saturated carbocycles. The molecular weight excluding hydrogens is 360 g/mol. The Morgan fingerprint density at radius 2 is 1.90 bits per heavy atom. The average Bonchev–Trinajstić information content (AvgIpc) is 2.73. The molecule has 3 rings (SSSR count). The molecule has 148 valence electrons. The Kier molecular flexibility index (Phi) is 5.98. The Morgan fingerprint density at radius 3 is 2.52 bits per heavy atom. The maximum atomic E-state index is 9.45. The molecule has 1 aliphatic rings. The van der Waals surface area contributed by atoms with Gasteiger partial charge in [0.15, 0.2) is 0 Å². The number of benzene rings is 1. The first-order chi connectivity index (χ1) is 14.0. The van der Waals surface area contributed by atoms with Gasteiger partial charge in [-0.2, -0.15) is 5.10 Å². The Labute approximate surface area is 172 Å². The second kappa shape index (κ2) is 8.61. The Morgan fingerprint density at radius 1 is 1.17 bits per heavy atom. The lowest BCUT2D eigenvalue weighted by Crippen LogP contribution is -2.29. The summed E-state index contributed by atoms with van der Waals surface area (Å²) >= 11 is 0. The van der Waals surface area contributed by atoms with E-state index in [1.807, 2.05) is 56.1 Å². The third kappa shape index (κ3) is 3.99. The molecule has 0 fully saturated rings. The van der Waals surface area contributed by atoms with Crippen molar-refractivity contribution >= 4 is 17.5 Å². The van der Waals surface area contributed by atoms with Crippen molar-refractivity contribution < 1.29 is 5.11 Å². The summed E-state index contributed by atoms with van der Waals surface area (Å²) in [5.74, 6) is 0.0478. The topological polar surface area (TPSA) is 60.8 Å². The van der Waals surface area contributed by atoms with Crippen molar-refractivity contribution in [3.8, 4) is 11.3 Å². The number of nitrogens with one attached hydrogen (secondary N) is 1. The van der Waals surface area contributed by atoms with Crippen LogP contribution in [0.3, 0.4) is 0 Å². The van der Waals surface area contributed by atoms with Crippen molar-refractivity contribution in [2.45, 2.75) is 20.8 Å². The molecule has 0 radical (unpaired) electrons. The number of hydrogen-bond donors (Lipinski definition) is 2. The molecule has 5 heteroatoms. The summed E-state index contributed by atoms with van der Waals surface area (Å²) in [5.41, 5.74) is 7.25. The van der Waals surface area contributed by atoms with Crippen LogP contribution in [-0.4, -0.2) is 27.9 Å². The van der Waals surface area contributed by atoms with E-state index in [-0.39, 0.29) is 12.3 Å². The third-order valence-electron chi connectivity index (χ3n) is 4.70. The summed E-state index contributed by atoms with van der Waals surface area (Å²) < 4.78 is 0. The molecule has 0 unspecified atom stereocenters. The number of aliphatic hydroxyl groups is 1. The number of hydrogen-bond acceptors (Lipinski definition) is 5. The van der Waals surface area contributed by atoms with E-state index in [4.69, 9.17) is 4.98 Å². The number of pyridine rings is 1. The highest BCUT2D eigenvalue weighted by atomic mass is 16.3. The standard InChI is InChI=1S/C24H26N4O/c1-6-22-23-20(13-14-21(27-23)19-11-9-8-10-12-19)17(4)24(28(22)26-7-2)18(5)25-15-16(3)29/h6-14,25,29H,3,5,15H2,1-2,4H3/b22-6+,26-7-. The number of allylic oxidation sites excluding steroid dienone is 2. The van der Waals surface area contributed by atoms with Crippen LogP contribution in [-0.2, 0) is 0 Å². The zero-order valence-corrected chi connectivity index (χ0v) is 17.1. The van der Waals surface area contributed by atoms with Crippen LogP contribution in [0.25, 0.3) is 22.5 Å². The summed E-state index contributed by atoms with van der Waals surface area (Å²) in [6.45, 7) is 13.8. The van der Waals surface area contributed by atoms with Crippen LogP contribution in [0, 0.1) is 0 Å². The lowest BCUT2D eigenvalue weighted by molar-refractivity contribution is 0.396. The molecule has 2 heterocycles. The van der Waals surface area contributed by atoms with Crippen molar-refractivity contribution in [2.24, 2.45) is 5.10 Å². The first kappa shape index (κ1) is 20.1. The van der Waals surface area contributed by atoms with Gasteiger partial charge in [0.1, 0.15) is 5.76 Å². The maximum absolute atomic E-state index is 9.45. The zero-order valence-electron chi connectivity index (χ0n) is 17.1. The second-order valence-corrected chi connectivity index (χ2v) is 6.69. The van der Waals surface area contributed by atoms with Crippen LogP contribution in [0.5, 0.6) is 0 Å². The van der Waals surface area contributed by atoms with E-state index in [2.05, 4.69) is 41.8 Å². The molecule has 1 aromatic heterocycles. The number of rotatable bonds is 6. The maximum Gasteiger partial charge on any atom is 0.104 e. The number of hydrazone groups is 1. The summed E-state index contributed by atoms with van der Waals surface area (Å²) in [6, 6.07) is 14.2. The van der Waals surface area contributed by atoms with Gasteiger partial charge >= 0.3 is 0 Å². The molecule has 29 heavy (non-hydrogen) atoms. The van der Waals surface area contributed by atoms with Gasteiger partial charge in [-0.1, -0.05) is 55.6 Å². The third-order valence-corrected chi connectivity index (χ3v) is 4.70. The molecule has 1 aliphatic heterocycles. The zero-order chi connectivity index (χ0) is 21.0. The van der Waals surface area contributed by atoms with Crippen molar-refractivity contribution in [2.75, 3.05) is 6.54 Å². The van der Waals surface area contributed by atoms with E-state index < -0.39 is 0 Å². The highest BCUT2D eigenvalue weighted by Gasteiger charge is 2.29. The molecule has 1 aromatic carbocycles. The number of aromatic nitrogens is 1. The molecule has 0 amide bonds.